The Morgan fingerprint density at radius 1 is 1.29 bits per heavy atom. The first kappa shape index (κ1) is 23.6. The van der Waals surface area contributed by atoms with Crippen molar-refractivity contribution in [1.29, 1.82) is 0 Å². The molecule has 2 aliphatic rings. The number of esters is 1. The smallest absolute Gasteiger partial charge is 0.335 e. The number of anilines is 1. The Morgan fingerprint density at radius 3 is 2.48 bits per heavy atom. The summed E-state index contributed by atoms with van der Waals surface area (Å²) in [6, 6.07) is 3.63. The molecule has 0 radical (unpaired) electrons. The lowest BCUT2D eigenvalue weighted by molar-refractivity contribution is -0.154. The number of aliphatic hydroxyl groups is 2. The van der Waals surface area contributed by atoms with Gasteiger partial charge in [0.2, 0.25) is 10.0 Å². The molecular weight excluding hydrogens is 433 g/mol. The second-order valence-electron chi connectivity index (χ2n) is 7.44. The van der Waals surface area contributed by atoms with Gasteiger partial charge in [-0.05, 0) is 50.1 Å². The fourth-order valence-corrected chi connectivity index (χ4v) is 5.38. The van der Waals surface area contributed by atoms with E-state index < -0.39 is 58.3 Å². The van der Waals surface area contributed by atoms with Crippen molar-refractivity contribution in [2.45, 2.75) is 49.9 Å². The lowest BCUT2D eigenvalue weighted by atomic mass is 9.94. The molecule has 1 aliphatic carbocycles. The molecule has 172 valence electrons. The van der Waals surface area contributed by atoms with Crippen LogP contribution in [0, 0.1) is 12.7 Å². The number of carbonyl (C=O) groups is 1. The fourth-order valence-electron chi connectivity index (χ4n) is 3.77. The van der Waals surface area contributed by atoms with Gasteiger partial charge in [0, 0.05) is 6.42 Å². The molecule has 1 spiro atoms. The topological polar surface area (TPSA) is 131 Å². The summed E-state index contributed by atoms with van der Waals surface area (Å²) in [4.78, 5) is 12.6. The number of carbonyl (C=O) groups excluding carboxylic acids is 1. The molecule has 0 amide bonds. The minimum Gasteiger partial charge on any atom is -0.463 e. The highest BCUT2D eigenvalue weighted by Gasteiger charge is 2.51. The fraction of sp³-hybridized carbons (Fsp3) is 0.550. The van der Waals surface area contributed by atoms with Crippen LogP contribution in [0.3, 0.4) is 0 Å². The van der Waals surface area contributed by atoms with Crippen molar-refractivity contribution in [3.63, 3.8) is 0 Å². The summed E-state index contributed by atoms with van der Waals surface area (Å²) in [6.45, 7) is 2.35. The van der Waals surface area contributed by atoms with Gasteiger partial charge in [-0.2, -0.15) is 0 Å². The summed E-state index contributed by atoms with van der Waals surface area (Å²) >= 11 is 0. The van der Waals surface area contributed by atoms with Gasteiger partial charge in [-0.25, -0.2) is 17.6 Å². The SMILES string of the molecule is CCOC(=O)C1=CC2(CCC1S(=O)(=O)Nc1ccc(F)cc1C)O[C@@H](CO)[C@H](CO)O2. The lowest BCUT2D eigenvalue weighted by Crippen LogP contribution is -2.42. The molecule has 0 aromatic heterocycles. The molecule has 3 N–H and O–H groups in total. The number of rotatable bonds is 7. The van der Waals surface area contributed by atoms with Crippen molar-refractivity contribution >= 4 is 21.7 Å². The monoisotopic (exact) mass is 459 g/mol. The lowest BCUT2D eigenvalue weighted by Gasteiger charge is -2.33. The molecule has 11 heteroatoms. The average Bonchev–Trinajstić information content (AvgIpc) is 3.07. The summed E-state index contributed by atoms with van der Waals surface area (Å²) < 4.78 is 58.6. The number of benzene rings is 1. The predicted molar refractivity (Wildman–Crippen MR) is 108 cm³/mol. The standard InChI is InChI=1S/C20H26FNO8S/c1-3-28-19(25)14-9-20(29-16(10-23)17(11-24)30-20)7-6-18(14)31(26,27)22-15-5-4-13(21)8-12(15)2/h4-5,8-9,16-18,22-24H,3,6-7,10-11H2,1-2H3/t16-,17-,18?/m0/s1. The molecule has 1 aromatic carbocycles. The van der Waals surface area contributed by atoms with Crippen LogP contribution in [-0.2, 0) is 29.0 Å². The van der Waals surface area contributed by atoms with Crippen molar-refractivity contribution in [3.05, 3.63) is 41.2 Å². The second kappa shape index (κ2) is 9.21. The molecule has 0 bridgehead atoms. The molecule has 3 rings (SSSR count). The van der Waals surface area contributed by atoms with Crippen LogP contribution in [0.4, 0.5) is 10.1 Å². The molecule has 3 atom stereocenters. The van der Waals surface area contributed by atoms with Crippen molar-refractivity contribution in [1.82, 2.24) is 0 Å². The van der Waals surface area contributed by atoms with E-state index in [-0.39, 0.29) is 30.7 Å². The third kappa shape index (κ3) is 4.90. The van der Waals surface area contributed by atoms with Gasteiger partial charge >= 0.3 is 5.97 Å². The van der Waals surface area contributed by atoms with Crippen LogP contribution in [0.15, 0.2) is 29.8 Å². The van der Waals surface area contributed by atoms with Crippen molar-refractivity contribution in [2.75, 3.05) is 24.5 Å². The van der Waals surface area contributed by atoms with Crippen LogP contribution < -0.4 is 4.72 Å². The molecule has 1 aliphatic heterocycles. The maximum absolute atomic E-state index is 13.4. The summed E-state index contributed by atoms with van der Waals surface area (Å²) in [5.41, 5.74) is 0.408. The number of hydrogen-bond donors (Lipinski definition) is 3. The Kier molecular flexibility index (Phi) is 7.01. The highest BCUT2D eigenvalue weighted by molar-refractivity contribution is 7.93. The molecule has 1 fully saturated rings. The number of nitrogens with one attached hydrogen (secondary N) is 1. The Bertz CT molecular complexity index is 952. The van der Waals surface area contributed by atoms with Crippen LogP contribution in [0.5, 0.6) is 0 Å². The van der Waals surface area contributed by atoms with Gasteiger partial charge in [0.1, 0.15) is 23.3 Å². The van der Waals surface area contributed by atoms with Crippen LogP contribution in [0.25, 0.3) is 0 Å². The molecule has 1 heterocycles. The number of sulfonamides is 1. The maximum atomic E-state index is 13.4. The molecule has 1 saturated heterocycles. The number of aryl methyl sites for hydroxylation is 1. The zero-order valence-electron chi connectivity index (χ0n) is 17.2. The van der Waals surface area contributed by atoms with E-state index in [4.69, 9.17) is 14.2 Å². The Morgan fingerprint density at radius 2 is 1.94 bits per heavy atom. The highest BCUT2D eigenvalue weighted by atomic mass is 32.2. The summed E-state index contributed by atoms with van der Waals surface area (Å²) in [5.74, 6) is -2.80. The molecule has 1 aromatic rings. The van der Waals surface area contributed by atoms with Crippen LogP contribution in [0.1, 0.15) is 25.3 Å². The highest BCUT2D eigenvalue weighted by Crippen LogP contribution is 2.41. The van der Waals surface area contributed by atoms with Gasteiger partial charge in [-0.15, -0.1) is 0 Å². The van der Waals surface area contributed by atoms with Crippen LogP contribution in [0.2, 0.25) is 0 Å². The largest absolute Gasteiger partial charge is 0.463 e. The van der Waals surface area contributed by atoms with E-state index in [1.807, 2.05) is 0 Å². The minimum absolute atomic E-state index is 0.0285. The van der Waals surface area contributed by atoms with E-state index >= 15 is 0 Å². The van der Waals surface area contributed by atoms with Crippen molar-refractivity contribution in [3.8, 4) is 0 Å². The quantitative estimate of drug-likeness (QED) is 0.515. The first-order valence-electron chi connectivity index (χ1n) is 9.89. The number of halogens is 1. The van der Waals surface area contributed by atoms with Gasteiger partial charge in [-0.1, -0.05) is 0 Å². The van der Waals surface area contributed by atoms with E-state index in [0.717, 1.165) is 6.07 Å². The Labute approximate surface area is 179 Å². The molecule has 1 unspecified atom stereocenters. The van der Waals surface area contributed by atoms with Crippen LogP contribution >= 0.6 is 0 Å². The molecule has 9 nitrogen and oxygen atoms in total. The normalized spacial score (nSPS) is 25.3. The second-order valence-corrected chi connectivity index (χ2v) is 9.31. The number of hydrogen-bond acceptors (Lipinski definition) is 8. The van der Waals surface area contributed by atoms with Gasteiger partial charge < -0.3 is 24.4 Å². The first-order chi connectivity index (χ1) is 14.6. The van der Waals surface area contributed by atoms with Gasteiger partial charge in [-0.3, -0.25) is 4.72 Å². The summed E-state index contributed by atoms with van der Waals surface area (Å²) in [7, 11) is -4.12. The van der Waals surface area contributed by atoms with Crippen molar-refractivity contribution < 1.29 is 42.0 Å². The third-order valence-electron chi connectivity index (χ3n) is 5.28. The third-order valence-corrected chi connectivity index (χ3v) is 7.02. The Hall–Kier alpha value is -2.05. The van der Waals surface area contributed by atoms with Crippen LogP contribution in [-0.4, -0.2) is 67.7 Å². The molecule has 31 heavy (non-hydrogen) atoms. The molecule has 0 saturated carbocycles. The number of aliphatic hydroxyl groups excluding tert-OH is 2. The number of ether oxygens (including phenoxy) is 3. The van der Waals surface area contributed by atoms with E-state index in [0.29, 0.717) is 5.56 Å². The van der Waals surface area contributed by atoms with E-state index in [2.05, 4.69) is 4.72 Å². The zero-order valence-corrected chi connectivity index (χ0v) is 18.0. The summed E-state index contributed by atoms with van der Waals surface area (Å²) in [5, 5.41) is 17.7. The average molecular weight is 459 g/mol. The van der Waals surface area contributed by atoms with Gasteiger partial charge in [0.15, 0.2) is 5.79 Å². The minimum atomic E-state index is -4.12. The predicted octanol–water partition coefficient (Wildman–Crippen LogP) is 0.993. The van der Waals surface area contributed by atoms with Gasteiger partial charge in [0.05, 0.1) is 31.1 Å². The summed E-state index contributed by atoms with van der Waals surface area (Å²) in [6.07, 6.45) is -0.363. The van der Waals surface area contributed by atoms with E-state index in [1.54, 1.807) is 13.8 Å². The van der Waals surface area contributed by atoms with Crippen molar-refractivity contribution in [2.24, 2.45) is 0 Å². The molecular formula is C20H26FNO8S. The van der Waals surface area contributed by atoms with E-state index in [1.165, 1.54) is 18.2 Å². The Balaban J connectivity index is 1.95. The zero-order chi connectivity index (χ0) is 22.8. The maximum Gasteiger partial charge on any atom is 0.335 e. The first-order valence-corrected chi connectivity index (χ1v) is 11.4. The van der Waals surface area contributed by atoms with Gasteiger partial charge in [0.25, 0.3) is 0 Å². The van der Waals surface area contributed by atoms with E-state index in [9.17, 15) is 27.8 Å².